The fraction of sp³-hybridized carbons (Fsp3) is 0.417. The largest absolute Gasteiger partial charge is 0.486 e. The van der Waals surface area contributed by atoms with E-state index in [1.807, 2.05) is 0 Å². The van der Waals surface area contributed by atoms with Crippen LogP contribution in [0.2, 0.25) is 0 Å². The van der Waals surface area contributed by atoms with Crippen LogP contribution in [0.15, 0.2) is 18.2 Å². The summed E-state index contributed by atoms with van der Waals surface area (Å²) in [6.07, 6.45) is -0.870. The first-order valence-corrected chi connectivity index (χ1v) is 5.77. The highest BCUT2D eigenvalue weighted by atomic mass is 19.3. The van der Waals surface area contributed by atoms with Crippen LogP contribution in [0.1, 0.15) is 11.6 Å². The summed E-state index contributed by atoms with van der Waals surface area (Å²) in [4.78, 5) is 11.2. The Bertz CT molecular complexity index is 520. The fourth-order valence-electron chi connectivity index (χ4n) is 2.14. The zero-order chi connectivity index (χ0) is 13.5. The van der Waals surface area contributed by atoms with Gasteiger partial charge in [0, 0.05) is 5.56 Å². The number of para-hydroxylation sites is 1. The molecule has 1 saturated heterocycles. The molecular formula is C12H11F2NO4. The lowest BCUT2D eigenvalue weighted by Gasteiger charge is -2.33. The summed E-state index contributed by atoms with van der Waals surface area (Å²) in [5, 5.41) is 2.13. The summed E-state index contributed by atoms with van der Waals surface area (Å²) < 4.78 is 42.8. The number of alkyl halides is 2. The number of cyclic esters (lactones) is 1. The molecule has 7 heteroatoms. The number of nitrogens with one attached hydrogen (secondary N) is 1. The summed E-state index contributed by atoms with van der Waals surface area (Å²) in [7, 11) is 0. The van der Waals surface area contributed by atoms with Crippen molar-refractivity contribution in [3.63, 3.8) is 0 Å². The zero-order valence-electron chi connectivity index (χ0n) is 9.82. The lowest BCUT2D eigenvalue weighted by Crippen LogP contribution is -2.49. The van der Waals surface area contributed by atoms with Gasteiger partial charge in [-0.05, 0) is 6.07 Å². The third kappa shape index (κ3) is 2.05. The number of ether oxygens (including phenoxy) is 3. The molecule has 1 N–H and O–H groups in total. The summed E-state index contributed by atoms with van der Waals surface area (Å²) in [5.74, 6) is -2.55. The zero-order valence-corrected chi connectivity index (χ0v) is 9.82. The van der Waals surface area contributed by atoms with Gasteiger partial charge >= 0.3 is 12.0 Å². The number of amides is 1. The van der Waals surface area contributed by atoms with Crippen LogP contribution in [-0.2, 0) is 4.74 Å². The number of carbonyl (C=O) groups is 1. The number of carbonyl (C=O) groups excluding carboxylic acids is 1. The van der Waals surface area contributed by atoms with E-state index >= 15 is 0 Å². The fourth-order valence-corrected chi connectivity index (χ4v) is 2.14. The Morgan fingerprint density at radius 3 is 2.84 bits per heavy atom. The highest BCUT2D eigenvalue weighted by molar-refractivity contribution is 5.70. The van der Waals surface area contributed by atoms with Crippen molar-refractivity contribution in [2.24, 2.45) is 0 Å². The summed E-state index contributed by atoms with van der Waals surface area (Å²) >= 11 is 0. The molecule has 3 rings (SSSR count). The van der Waals surface area contributed by atoms with E-state index in [-0.39, 0.29) is 17.9 Å². The van der Waals surface area contributed by atoms with E-state index in [2.05, 4.69) is 10.1 Å². The molecule has 0 saturated carbocycles. The minimum absolute atomic E-state index is 0.193. The van der Waals surface area contributed by atoms with E-state index in [0.717, 1.165) is 0 Å². The number of rotatable bonds is 1. The van der Waals surface area contributed by atoms with Gasteiger partial charge < -0.3 is 19.5 Å². The third-order valence-electron chi connectivity index (χ3n) is 2.99. The molecule has 0 radical (unpaired) electrons. The highest BCUT2D eigenvalue weighted by Gasteiger charge is 2.48. The third-order valence-corrected chi connectivity index (χ3v) is 2.99. The van der Waals surface area contributed by atoms with Crippen LogP contribution in [0.4, 0.5) is 13.6 Å². The lowest BCUT2D eigenvalue weighted by molar-refractivity contribution is -0.104. The number of alkyl carbamates (subject to hydrolysis) is 1. The van der Waals surface area contributed by atoms with Gasteiger partial charge in [-0.15, -0.1) is 0 Å². The van der Waals surface area contributed by atoms with Crippen molar-refractivity contribution >= 4 is 6.09 Å². The quantitative estimate of drug-likeness (QED) is 0.847. The highest BCUT2D eigenvalue weighted by Crippen LogP contribution is 2.43. The number of hydrogen-bond acceptors (Lipinski definition) is 4. The number of hydrogen-bond donors (Lipinski definition) is 1. The van der Waals surface area contributed by atoms with Crippen molar-refractivity contribution in [3.8, 4) is 11.5 Å². The van der Waals surface area contributed by atoms with Gasteiger partial charge in [0.15, 0.2) is 18.1 Å². The Morgan fingerprint density at radius 2 is 2.00 bits per heavy atom. The van der Waals surface area contributed by atoms with Crippen LogP contribution >= 0.6 is 0 Å². The standard InChI is InChI=1S/C12H11F2NO4/c13-12(14)6-19-11(16)15-10(12)7-2-1-3-8-9(7)18-5-4-17-8/h1-3,10H,4-6H2,(H,15,16)/t10-/m0/s1. The molecular weight excluding hydrogens is 260 g/mol. The lowest BCUT2D eigenvalue weighted by atomic mass is 9.98. The molecule has 0 aliphatic carbocycles. The molecule has 1 atom stereocenters. The molecule has 1 fully saturated rings. The second-order valence-electron chi connectivity index (χ2n) is 4.29. The molecule has 0 unspecified atom stereocenters. The smallest absolute Gasteiger partial charge is 0.408 e. The molecule has 0 bridgehead atoms. The van der Waals surface area contributed by atoms with Crippen LogP contribution in [0.25, 0.3) is 0 Å². The van der Waals surface area contributed by atoms with Gasteiger partial charge in [-0.3, -0.25) is 0 Å². The average Bonchev–Trinajstić information content (AvgIpc) is 2.41. The van der Waals surface area contributed by atoms with Gasteiger partial charge in [0.1, 0.15) is 19.3 Å². The molecule has 0 aromatic heterocycles. The van der Waals surface area contributed by atoms with Gasteiger partial charge in [0.05, 0.1) is 0 Å². The normalized spacial score (nSPS) is 24.3. The predicted molar refractivity (Wildman–Crippen MR) is 59.6 cm³/mol. The van der Waals surface area contributed by atoms with Gasteiger partial charge in [-0.1, -0.05) is 12.1 Å². The first-order chi connectivity index (χ1) is 9.08. The van der Waals surface area contributed by atoms with Gasteiger partial charge in [0.25, 0.3) is 0 Å². The molecule has 0 spiro atoms. The Labute approximate surface area is 107 Å². The Morgan fingerprint density at radius 1 is 1.21 bits per heavy atom. The van der Waals surface area contributed by atoms with Crippen LogP contribution in [0.3, 0.4) is 0 Å². The molecule has 2 aliphatic rings. The Balaban J connectivity index is 2.03. The maximum atomic E-state index is 13.9. The first-order valence-electron chi connectivity index (χ1n) is 5.77. The van der Waals surface area contributed by atoms with Crippen molar-refractivity contribution in [1.82, 2.24) is 5.32 Å². The molecule has 19 heavy (non-hydrogen) atoms. The number of benzene rings is 1. The molecule has 102 valence electrons. The van der Waals surface area contributed by atoms with E-state index in [1.54, 1.807) is 12.1 Å². The van der Waals surface area contributed by atoms with Crippen molar-refractivity contribution in [2.45, 2.75) is 12.0 Å². The predicted octanol–water partition coefficient (Wildman–Crippen LogP) is 1.87. The van der Waals surface area contributed by atoms with Crippen LogP contribution in [-0.4, -0.2) is 31.8 Å². The molecule has 1 aromatic carbocycles. The molecule has 2 heterocycles. The Kier molecular flexibility index (Phi) is 2.69. The molecule has 5 nitrogen and oxygen atoms in total. The minimum atomic E-state index is -3.20. The van der Waals surface area contributed by atoms with Crippen molar-refractivity contribution in [2.75, 3.05) is 19.8 Å². The van der Waals surface area contributed by atoms with E-state index in [4.69, 9.17) is 9.47 Å². The maximum absolute atomic E-state index is 13.9. The van der Waals surface area contributed by atoms with Crippen molar-refractivity contribution in [3.05, 3.63) is 23.8 Å². The monoisotopic (exact) mass is 271 g/mol. The van der Waals surface area contributed by atoms with Crippen LogP contribution in [0.5, 0.6) is 11.5 Å². The SMILES string of the molecule is O=C1N[C@@H](c2cccc3c2OCCO3)C(F)(F)CO1. The van der Waals surface area contributed by atoms with Crippen molar-refractivity contribution in [1.29, 1.82) is 0 Å². The van der Waals surface area contributed by atoms with Crippen LogP contribution < -0.4 is 14.8 Å². The number of halogens is 2. The second kappa shape index (κ2) is 4.25. The van der Waals surface area contributed by atoms with Crippen molar-refractivity contribution < 1.29 is 27.8 Å². The van der Waals surface area contributed by atoms with Gasteiger partial charge in [0.2, 0.25) is 0 Å². The second-order valence-corrected chi connectivity index (χ2v) is 4.29. The summed E-state index contributed by atoms with van der Waals surface area (Å²) in [5.41, 5.74) is 0.193. The van der Waals surface area contributed by atoms with Gasteiger partial charge in [-0.25, -0.2) is 13.6 Å². The van der Waals surface area contributed by atoms with E-state index in [0.29, 0.717) is 12.4 Å². The molecule has 1 aromatic rings. The minimum Gasteiger partial charge on any atom is -0.486 e. The van der Waals surface area contributed by atoms with E-state index in [1.165, 1.54) is 6.07 Å². The van der Waals surface area contributed by atoms with Crippen LogP contribution in [0, 0.1) is 0 Å². The maximum Gasteiger partial charge on any atom is 0.408 e. The summed E-state index contributed by atoms with van der Waals surface area (Å²) in [6, 6.07) is 3.22. The first kappa shape index (κ1) is 12.0. The van der Waals surface area contributed by atoms with Gasteiger partial charge in [-0.2, -0.15) is 0 Å². The summed E-state index contributed by atoms with van der Waals surface area (Å²) in [6.45, 7) is -0.298. The number of fused-ring (bicyclic) bond motifs is 1. The molecule has 1 amide bonds. The molecule has 2 aliphatic heterocycles. The van der Waals surface area contributed by atoms with E-state index in [9.17, 15) is 13.6 Å². The van der Waals surface area contributed by atoms with E-state index < -0.39 is 24.7 Å². The topological polar surface area (TPSA) is 56.8 Å². The Hall–Kier alpha value is -2.05. The average molecular weight is 271 g/mol.